The van der Waals surface area contributed by atoms with Crippen LogP contribution in [0, 0.1) is 0 Å². The number of carbonyl (C=O) groups excluding carboxylic acids is 2. The van der Waals surface area contributed by atoms with E-state index in [2.05, 4.69) is 5.32 Å². The molecular weight excluding hydrogens is 640 g/mol. The van der Waals surface area contributed by atoms with Crippen molar-refractivity contribution >= 4 is 73.9 Å². The minimum absolute atomic E-state index is 0.00517. The lowest BCUT2D eigenvalue weighted by atomic mass is 10.0. The first-order chi connectivity index (χ1) is 19.9. The van der Waals surface area contributed by atoms with Crippen LogP contribution in [0.3, 0.4) is 0 Å². The summed E-state index contributed by atoms with van der Waals surface area (Å²) in [5.41, 5.74) is 1.31. The zero-order valence-electron chi connectivity index (χ0n) is 22.9. The van der Waals surface area contributed by atoms with Crippen LogP contribution in [0.1, 0.15) is 36.8 Å². The van der Waals surface area contributed by atoms with E-state index < -0.39 is 28.5 Å². The molecule has 1 aliphatic rings. The molecule has 1 fully saturated rings. The molecule has 0 spiro atoms. The van der Waals surface area contributed by atoms with E-state index in [9.17, 15) is 18.0 Å². The highest BCUT2D eigenvalue weighted by Gasteiger charge is 2.35. The smallest absolute Gasteiger partial charge is 0.244 e. The first kappa shape index (κ1) is 32.4. The zero-order valence-corrected chi connectivity index (χ0v) is 26.7. The molecule has 4 rings (SSSR count). The molecule has 12 heteroatoms. The summed E-state index contributed by atoms with van der Waals surface area (Å²) in [7, 11) is -4.01. The third kappa shape index (κ3) is 8.32. The van der Waals surface area contributed by atoms with Gasteiger partial charge in [-0.3, -0.25) is 13.9 Å². The van der Waals surface area contributed by atoms with Gasteiger partial charge in [0.25, 0.3) is 0 Å². The quantitative estimate of drug-likeness (QED) is 0.244. The van der Waals surface area contributed by atoms with Crippen LogP contribution in [0.15, 0.2) is 66.7 Å². The monoisotopic (exact) mass is 669 g/mol. The Labute approximate surface area is 266 Å². The van der Waals surface area contributed by atoms with E-state index in [-0.39, 0.29) is 40.6 Å². The molecule has 1 aliphatic carbocycles. The average molecular weight is 671 g/mol. The maximum Gasteiger partial charge on any atom is 0.244 e. The van der Waals surface area contributed by atoms with E-state index in [4.69, 9.17) is 46.4 Å². The number of hydrogen-bond acceptors (Lipinski definition) is 4. The van der Waals surface area contributed by atoms with Crippen LogP contribution in [0.4, 0.5) is 5.69 Å². The Balaban J connectivity index is 1.78. The maximum atomic E-state index is 14.2. The molecule has 0 radical (unpaired) electrons. The molecule has 2 amide bonds. The van der Waals surface area contributed by atoms with Crippen molar-refractivity contribution in [3.8, 4) is 0 Å². The van der Waals surface area contributed by atoms with Gasteiger partial charge < -0.3 is 10.2 Å². The highest BCUT2D eigenvalue weighted by Crippen LogP contribution is 2.32. The Kier molecular flexibility index (Phi) is 11.1. The second-order valence-electron chi connectivity index (χ2n) is 10.3. The molecule has 0 heterocycles. The van der Waals surface area contributed by atoms with Crippen molar-refractivity contribution in [2.45, 2.75) is 50.7 Å². The van der Waals surface area contributed by atoms with Crippen LogP contribution in [0.25, 0.3) is 0 Å². The van der Waals surface area contributed by atoms with Crippen LogP contribution in [0.5, 0.6) is 0 Å². The van der Waals surface area contributed by atoms with E-state index in [1.165, 1.54) is 23.1 Å². The largest absolute Gasteiger partial charge is 0.352 e. The first-order valence-corrected chi connectivity index (χ1v) is 16.8. The second kappa shape index (κ2) is 14.3. The summed E-state index contributed by atoms with van der Waals surface area (Å²) in [6.45, 7) is -0.767. The molecule has 3 aromatic rings. The summed E-state index contributed by atoms with van der Waals surface area (Å²) in [6, 6.07) is 17.6. The molecule has 3 aromatic carbocycles. The number of benzene rings is 3. The number of nitrogens with one attached hydrogen (secondary N) is 1. The number of hydrogen-bond donors (Lipinski definition) is 1. The van der Waals surface area contributed by atoms with Gasteiger partial charge in [-0.1, -0.05) is 95.6 Å². The summed E-state index contributed by atoms with van der Waals surface area (Å²) < 4.78 is 26.8. The van der Waals surface area contributed by atoms with Gasteiger partial charge in [-0.2, -0.15) is 0 Å². The molecular formula is C30H31Cl4N3O4S. The Morgan fingerprint density at radius 3 is 2.17 bits per heavy atom. The molecule has 1 atom stereocenters. The lowest BCUT2D eigenvalue weighted by Crippen LogP contribution is -2.54. The topological polar surface area (TPSA) is 86.8 Å². The molecule has 0 aromatic heterocycles. The van der Waals surface area contributed by atoms with E-state index >= 15 is 0 Å². The van der Waals surface area contributed by atoms with Crippen molar-refractivity contribution in [3.05, 3.63) is 97.9 Å². The van der Waals surface area contributed by atoms with Gasteiger partial charge in [0.15, 0.2) is 0 Å². The second-order valence-corrected chi connectivity index (χ2v) is 13.8. The molecule has 0 aliphatic heterocycles. The van der Waals surface area contributed by atoms with Gasteiger partial charge in [0, 0.05) is 39.6 Å². The minimum Gasteiger partial charge on any atom is -0.352 e. The molecule has 224 valence electrons. The fourth-order valence-corrected chi connectivity index (χ4v) is 6.85. The summed E-state index contributed by atoms with van der Waals surface area (Å²) >= 11 is 25.5. The van der Waals surface area contributed by atoms with Crippen molar-refractivity contribution in [1.29, 1.82) is 0 Å². The van der Waals surface area contributed by atoms with Gasteiger partial charge in [-0.25, -0.2) is 8.42 Å². The van der Waals surface area contributed by atoms with Crippen LogP contribution in [0.2, 0.25) is 20.1 Å². The van der Waals surface area contributed by atoms with E-state index in [0.29, 0.717) is 15.6 Å². The van der Waals surface area contributed by atoms with E-state index in [1.807, 2.05) is 30.3 Å². The van der Waals surface area contributed by atoms with E-state index in [0.717, 1.165) is 41.8 Å². The Morgan fingerprint density at radius 2 is 1.55 bits per heavy atom. The number of sulfonamides is 1. The predicted octanol–water partition coefficient (Wildman–Crippen LogP) is 6.77. The van der Waals surface area contributed by atoms with Crippen LogP contribution in [-0.4, -0.2) is 50.0 Å². The van der Waals surface area contributed by atoms with Gasteiger partial charge in [0.1, 0.15) is 12.6 Å². The first-order valence-electron chi connectivity index (χ1n) is 13.4. The molecule has 0 bridgehead atoms. The average Bonchev–Trinajstić information content (AvgIpc) is 3.45. The van der Waals surface area contributed by atoms with Gasteiger partial charge in [0.2, 0.25) is 21.8 Å². The minimum atomic E-state index is -4.01. The van der Waals surface area contributed by atoms with Crippen molar-refractivity contribution in [3.63, 3.8) is 0 Å². The molecule has 7 nitrogen and oxygen atoms in total. The third-order valence-electron chi connectivity index (χ3n) is 7.22. The molecule has 1 saturated carbocycles. The number of amides is 2. The normalized spacial score (nSPS) is 14.4. The van der Waals surface area contributed by atoms with E-state index in [1.54, 1.807) is 18.2 Å². The van der Waals surface area contributed by atoms with Crippen LogP contribution >= 0.6 is 46.4 Å². The highest BCUT2D eigenvalue weighted by atomic mass is 35.5. The Morgan fingerprint density at radius 1 is 0.905 bits per heavy atom. The number of carbonyl (C=O) groups is 2. The molecule has 1 N–H and O–H groups in total. The van der Waals surface area contributed by atoms with Gasteiger partial charge in [-0.15, -0.1) is 0 Å². The van der Waals surface area contributed by atoms with Crippen molar-refractivity contribution in [2.75, 3.05) is 17.1 Å². The molecule has 42 heavy (non-hydrogen) atoms. The summed E-state index contributed by atoms with van der Waals surface area (Å²) in [4.78, 5) is 29.5. The van der Waals surface area contributed by atoms with Crippen molar-refractivity contribution in [2.24, 2.45) is 0 Å². The van der Waals surface area contributed by atoms with Crippen LogP contribution < -0.4 is 9.62 Å². The molecule has 0 unspecified atom stereocenters. The number of nitrogens with zero attached hydrogens (tertiary/aromatic N) is 2. The standard InChI is InChI=1S/C30H31Cl4N3O4S/c1-42(40,41)37(27-17-21(31)14-15-26(27)34)19-29(38)36(18-23-24(32)12-7-13-25(23)33)28(16-20-8-3-2-4-9-20)30(39)35-22-10-5-6-11-22/h2-4,7-9,12-15,17,22,28H,5-6,10-11,16,18-19H2,1H3,(H,35,39)/t28-/m0/s1. The van der Waals surface area contributed by atoms with Crippen molar-refractivity contribution < 1.29 is 18.0 Å². The van der Waals surface area contributed by atoms with Gasteiger partial charge >= 0.3 is 0 Å². The number of rotatable bonds is 11. The highest BCUT2D eigenvalue weighted by molar-refractivity contribution is 7.92. The fourth-order valence-electron chi connectivity index (χ4n) is 5.05. The van der Waals surface area contributed by atoms with Gasteiger partial charge in [-0.05, 0) is 48.7 Å². The maximum absolute atomic E-state index is 14.2. The third-order valence-corrected chi connectivity index (χ3v) is 9.61. The predicted molar refractivity (Wildman–Crippen MR) is 170 cm³/mol. The fraction of sp³-hybridized carbons (Fsp3) is 0.333. The van der Waals surface area contributed by atoms with Crippen LogP contribution in [-0.2, 0) is 32.6 Å². The van der Waals surface area contributed by atoms with Crippen molar-refractivity contribution in [1.82, 2.24) is 10.2 Å². The Hall–Kier alpha value is -2.49. The lowest BCUT2D eigenvalue weighted by molar-refractivity contribution is -0.140. The summed E-state index contributed by atoms with van der Waals surface area (Å²) in [5, 5.41) is 4.08. The lowest BCUT2D eigenvalue weighted by Gasteiger charge is -2.34. The molecule has 0 saturated heterocycles. The Bertz CT molecular complexity index is 1510. The number of halogens is 4. The number of anilines is 1. The van der Waals surface area contributed by atoms with Gasteiger partial charge in [0.05, 0.1) is 17.0 Å². The zero-order chi connectivity index (χ0) is 30.4. The summed E-state index contributed by atoms with van der Waals surface area (Å²) in [5.74, 6) is -0.982. The SMILES string of the molecule is CS(=O)(=O)N(CC(=O)N(Cc1c(Cl)cccc1Cl)[C@@H](Cc1ccccc1)C(=O)NC1CCCC1)c1cc(Cl)ccc1Cl. The summed E-state index contributed by atoms with van der Waals surface area (Å²) in [6.07, 6.45) is 4.88.